The molecule has 0 spiro atoms. The van der Waals surface area contributed by atoms with E-state index in [4.69, 9.17) is 0 Å². The Kier molecular flexibility index (Phi) is 6.07. The van der Waals surface area contributed by atoms with Crippen LogP contribution in [0, 0.1) is 0 Å². The van der Waals surface area contributed by atoms with Gasteiger partial charge in [-0.15, -0.1) is 4.48 Å². The van der Waals surface area contributed by atoms with Gasteiger partial charge in [-0.2, -0.15) is 43.9 Å². The van der Waals surface area contributed by atoms with Crippen LogP contribution in [0.4, 0.5) is 75.1 Å². The largest absolute Gasteiger partial charge is 0.450 e. The first-order chi connectivity index (χ1) is 11.0. The van der Waals surface area contributed by atoms with E-state index in [9.17, 15) is 75.1 Å². The second-order valence-corrected chi connectivity index (χ2v) is 4.07. The number of nitrogens with zero attached hydrogens (tertiary/aromatic N) is 3. The predicted molar refractivity (Wildman–Crippen MR) is 40.7 cm³/mol. The number of rotatable bonds is 6. The third-order valence-electron chi connectivity index (χ3n) is 2.51. The number of hydrogen-bond acceptors (Lipinski definition) is 3. The van der Waals surface area contributed by atoms with Crippen molar-refractivity contribution in [2.24, 2.45) is 0 Å². The Balaban J connectivity index is 6.79. The minimum absolute atomic E-state index is 4.21. The van der Waals surface area contributed by atoms with Crippen molar-refractivity contribution in [3.8, 4) is 0 Å². The molecule has 0 radical (unpaired) electrons. The van der Waals surface area contributed by atoms with Crippen LogP contribution in [-0.2, 0) is 0 Å². The molecule has 0 aromatic heterocycles. The van der Waals surface area contributed by atoms with Gasteiger partial charge in [0.2, 0.25) is 0 Å². The summed E-state index contributed by atoms with van der Waals surface area (Å²) in [5.74, 6) is -16.0. The van der Waals surface area contributed by atoms with Gasteiger partial charge in [-0.05, 0) is 5.12 Å². The average molecular weight is 437 g/mol. The Labute approximate surface area is 128 Å². The molecule has 2 atom stereocenters. The first-order valence-electron chi connectivity index (χ1n) is 5.01. The Morgan fingerprint density at radius 3 is 0.885 bits per heavy atom. The maximum Gasteiger partial charge on any atom is 0.450 e. The lowest BCUT2D eigenvalue weighted by atomic mass is 10.1. The molecule has 158 valence electrons. The quantitative estimate of drug-likeness (QED) is 0.331. The highest BCUT2D eigenvalue weighted by atomic mass is 19.4. The third-order valence-corrected chi connectivity index (χ3v) is 2.51. The number of halogens is 17. The molecule has 0 N–H and O–H groups in total. The van der Waals surface area contributed by atoms with Gasteiger partial charge in [-0.1, -0.05) is 17.9 Å². The molecule has 0 aromatic carbocycles. The minimum atomic E-state index is -8.18. The Morgan fingerprint density at radius 1 is 0.385 bits per heavy atom. The molecule has 0 aliphatic carbocycles. The highest BCUT2D eigenvalue weighted by molar-refractivity contribution is 5.02. The van der Waals surface area contributed by atoms with Crippen LogP contribution in [-0.4, -0.2) is 51.8 Å². The van der Waals surface area contributed by atoms with Crippen LogP contribution >= 0.6 is 0 Å². The standard InChI is InChI=1S/C6F17N3/c7-1(3(9,10)11,6(17,18)26(22)23)24(19)5(15,16)2(8,25(20)21)4(12,13)14. The molecular formula is C6F17N3. The fourth-order valence-corrected chi connectivity index (χ4v) is 1.20. The van der Waals surface area contributed by atoms with E-state index in [1.807, 2.05) is 0 Å². The van der Waals surface area contributed by atoms with E-state index < -0.39 is 51.8 Å². The smallest absolute Gasteiger partial charge is 0.204 e. The molecule has 0 heterocycles. The zero-order valence-corrected chi connectivity index (χ0v) is 10.8. The Hall–Kier alpha value is -1.31. The fraction of sp³-hybridized carbons (Fsp3) is 1.00. The van der Waals surface area contributed by atoms with Crippen molar-refractivity contribution in [1.29, 1.82) is 0 Å². The van der Waals surface area contributed by atoms with Crippen molar-refractivity contribution in [1.82, 2.24) is 15.8 Å². The Morgan fingerprint density at radius 2 is 0.692 bits per heavy atom. The summed E-state index contributed by atoms with van der Waals surface area (Å²) in [4.78, 5) is 0. The van der Waals surface area contributed by atoms with E-state index in [-0.39, 0.29) is 0 Å². The van der Waals surface area contributed by atoms with Gasteiger partial charge in [0, 0.05) is 0 Å². The lowest BCUT2D eigenvalue weighted by Gasteiger charge is -2.43. The van der Waals surface area contributed by atoms with Gasteiger partial charge in [0.15, 0.2) is 0 Å². The number of alkyl halides is 12. The van der Waals surface area contributed by atoms with Crippen molar-refractivity contribution in [3.63, 3.8) is 0 Å². The van der Waals surface area contributed by atoms with E-state index in [0.717, 1.165) is 0 Å². The molecule has 0 aromatic rings. The Bertz CT molecular complexity index is 496. The van der Waals surface area contributed by atoms with Crippen molar-refractivity contribution in [2.75, 3.05) is 0 Å². The van der Waals surface area contributed by atoms with Crippen LogP contribution in [0.1, 0.15) is 0 Å². The molecule has 0 aliphatic heterocycles. The summed E-state index contributed by atoms with van der Waals surface area (Å²) in [6.07, 6.45) is -15.7. The van der Waals surface area contributed by atoms with E-state index in [0.29, 0.717) is 0 Å². The molecule has 3 nitrogen and oxygen atoms in total. The first-order valence-corrected chi connectivity index (χ1v) is 5.01. The highest BCUT2D eigenvalue weighted by Crippen LogP contribution is 2.57. The summed E-state index contributed by atoms with van der Waals surface area (Å²) < 4.78 is 210. The van der Waals surface area contributed by atoms with Gasteiger partial charge in [0.05, 0.1) is 10.7 Å². The molecular weight excluding hydrogens is 437 g/mol. The van der Waals surface area contributed by atoms with Crippen LogP contribution in [0.3, 0.4) is 0 Å². The van der Waals surface area contributed by atoms with Crippen LogP contribution in [0.25, 0.3) is 0 Å². The summed E-state index contributed by atoms with van der Waals surface area (Å²) in [5.41, 5.74) is 0. The summed E-state index contributed by atoms with van der Waals surface area (Å²) in [6, 6.07) is -16.0. The van der Waals surface area contributed by atoms with Crippen molar-refractivity contribution in [3.05, 3.63) is 0 Å². The van der Waals surface area contributed by atoms with Gasteiger partial charge in [-0.3, -0.25) is 0 Å². The topological polar surface area (TPSA) is 9.72 Å². The van der Waals surface area contributed by atoms with Crippen LogP contribution in [0.15, 0.2) is 0 Å². The number of hydrogen-bond donors (Lipinski definition) is 0. The van der Waals surface area contributed by atoms with E-state index in [1.54, 1.807) is 0 Å². The average Bonchev–Trinajstić information content (AvgIpc) is 2.40. The first kappa shape index (κ1) is 24.7. The van der Waals surface area contributed by atoms with Crippen LogP contribution in [0.2, 0.25) is 0 Å². The maximum absolute atomic E-state index is 13.3. The summed E-state index contributed by atoms with van der Waals surface area (Å²) >= 11 is 0. The summed E-state index contributed by atoms with van der Waals surface area (Å²) in [5, 5.41) is -13.3. The summed E-state index contributed by atoms with van der Waals surface area (Å²) in [6.45, 7) is 0. The van der Waals surface area contributed by atoms with E-state index >= 15 is 0 Å². The molecule has 20 heteroatoms. The monoisotopic (exact) mass is 437 g/mol. The van der Waals surface area contributed by atoms with E-state index in [1.165, 1.54) is 0 Å². The molecule has 0 aliphatic rings. The molecule has 0 rings (SSSR count). The van der Waals surface area contributed by atoms with Crippen molar-refractivity contribution < 1.29 is 75.1 Å². The van der Waals surface area contributed by atoms with Crippen molar-refractivity contribution in [2.45, 2.75) is 36.0 Å². The lowest BCUT2D eigenvalue weighted by molar-refractivity contribution is -0.534. The highest BCUT2D eigenvalue weighted by Gasteiger charge is 2.89. The SMILES string of the molecule is FN(F)C(F)(F)C(F)(N(F)C(F)(F)C(F)(N(F)F)C(F)(F)F)C(F)(F)F. The zero-order chi connectivity index (χ0) is 21.7. The molecule has 0 saturated heterocycles. The van der Waals surface area contributed by atoms with Gasteiger partial charge >= 0.3 is 36.0 Å². The molecule has 0 amide bonds. The molecule has 26 heavy (non-hydrogen) atoms. The zero-order valence-electron chi connectivity index (χ0n) is 10.8. The van der Waals surface area contributed by atoms with Gasteiger partial charge < -0.3 is 0 Å². The van der Waals surface area contributed by atoms with Crippen LogP contribution in [0.5, 0.6) is 0 Å². The van der Waals surface area contributed by atoms with Crippen molar-refractivity contribution >= 4 is 0 Å². The second-order valence-electron chi connectivity index (χ2n) is 4.07. The molecule has 0 bridgehead atoms. The fourth-order valence-electron chi connectivity index (χ4n) is 1.20. The van der Waals surface area contributed by atoms with Gasteiger partial charge in [-0.25, -0.2) is 8.78 Å². The molecule has 0 saturated carbocycles. The minimum Gasteiger partial charge on any atom is -0.204 e. The molecule has 0 fully saturated rings. The summed E-state index contributed by atoms with van der Waals surface area (Å²) in [7, 11) is 0. The van der Waals surface area contributed by atoms with E-state index in [2.05, 4.69) is 0 Å². The lowest BCUT2D eigenvalue weighted by Crippen LogP contribution is -2.76. The maximum atomic E-state index is 13.3. The normalized spacial score (nSPS) is 19.8. The predicted octanol–water partition coefficient (Wildman–Crippen LogP) is 4.96. The second kappa shape index (κ2) is 6.39. The third kappa shape index (κ3) is 3.10. The van der Waals surface area contributed by atoms with Gasteiger partial charge in [0.1, 0.15) is 0 Å². The van der Waals surface area contributed by atoms with Gasteiger partial charge in [0.25, 0.3) is 0 Å². The van der Waals surface area contributed by atoms with Crippen LogP contribution < -0.4 is 0 Å². The molecule has 2 unspecified atom stereocenters.